The van der Waals surface area contributed by atoms with Crippen LogP contribution in [0.15, 0.2) is 52.3 Å². The zero-order valence-corrected chi connectivity index (χ0v) is 16.1. The number of nitrogens with one attached hydrogen (secondary N) is 2. The molecule has 138 valence electrons. The molecule has 0 aromatic heterocycles. The summed E-state index contributed by atoms with van der Waals surface area (Å²) in [6.07, 6.45) is 0.718. The van der Waals surface area contributed by atoms with Crippen molar-refractivity contribution >= 4 is 39.1 Å². The maximum absolute atomic E-state index is 12.6. The minimum absolute atomic E-state index is 0.0981. The number of anilines is 2. The van der Waals surface area contributed by atoms with Gasteiger partial charge in [-0.05, 0) is 55.8 Å². The second-order valence-electron chi connectivity index (χ2n) is 5.72. The lowest BCUT2D eigenvalue weighted by Gasteiger charge is -2.23. The zero-order chi connectivity index (χ0) is 18.7. The number of fused-ring (bicyclic) bond motifs is 1. The lowest BCUT2D eigenvalue weighted by Crippen LogP contribution is -2.28. The highest BCUT2D eigenvalue weighted by Gasteiger charge is 2.27. The van der Waals surface area contributed by atoms with E-state index < -0.39 is 10.0 Å². The number of hydrogen-bond acceptors (Lipinski definition) is 5. The molecule has 0 aliphatic carbocycles. The summed E-state index contributed by atoms with van der Waals surface area (Å²) >= 11 is 1.45. The van der Waals surface area contributed by atoms with E-state index in [9.17, 15) is 13.2 Å². The largest absolute Gasteiger partial charge is 0.494 e. The molecule has 1 atom stereocenters. The Labute approximate surface area is 157 Å². The third kappa shape index (κ3) is 3.96. The molecule has 0 unspecified atom stereocenters. The Morgan fingerprint density at radius 1 is 1.15 bits per heavy atom. The van der Waals surface area contributed by atoms with E-state index in [0.717, 1.165) is 11.3 Å². The Morgan fingerprint density at radius 2 is 1.88 bits per heavy atom. The molecule has 2 aromatic rings. The van der Waals surface area contributed by atoms with Crippen LogP contribution in [-0.4, -0.2) is 26.2 Å². The van der Waals surface area contributed by atoms with E-state index in [1.165, 1.54) is 17.8 Å². The standard InChI is InChI=1S/C18H20N2O4S2/c1-3-16-18(21)19-15-11-14(9-10-17(15)25-16)26(22,23)20-12-5-7-13(8-6-12)24-4-2/h5-11,16,20H,3-4H2,1-2H3,(H,19,21)/t16-/m1/s1. The van der Waals surface area contributed by atoms with Gasteiger partial charge in [0, 0.05) is 10.6 Å². The van der Waals surface area contributed by atoms with Crippen LogP contribution in [0.2, 0.25) is 0 Å². The molecule has 1 aliphatic rings. The lowest BCUT2D eigenvalue weighted by molar-refractivity contribution is -0.115. The Morgan fingerprint density at radius 3 is 2.54 bits per heavy atom. The highest BCUT2D eigenvalue weighted by Crippen LogP contribution is 2.38. The van der Waals surface area contributed by atoms with Crippen LogP contribution in [-0.2, 0) is 14.8 Å². The van der Waals surface area contributed by atoms with Crippen molar-refractivity contribution in [1.29, 1.82) is 0 Å². The fourth-order valence-corrected chi connectivity index (χ4v) is 4.67. The van der Waals surface area contributed by atoms with Gasteiger partial charge in [0.05, 0.1) is 22.4 Å². The Hall–Kier alpha value is -2.19. The molecule has 1 heterocycles. The molecule has 3 rings (SSSR count). The van der Waals surface area contributed by atoms with Gasteiger partial charge < -0.3 is 10.1 Å². The Balaban J connectivity index is 1.81. The summed E-state index contributed by atoms with van der Waals surface area (Å²) in [5.41, 5.74) is 0.968. The molecule has 2 N–H and O–H groups in total. The first-order valence-electron chi connectivity index (χ1n) is 8.30. The van der Waals surface area contributed by atoms with Crippen molar-refractivity contribution in [3.05, 3.63) is 42.5 Å². The van der Waals surface area contributed by atoms with Gasteiger partial charge in [-0.1, -0.05) is 6.92 Å². The van der Waals surface area contributed by atoms with Crippen LogP contribution in [0.25, 0.3) is 0 Å². The molecule has 0 fully saturated rings. The molecule has 1 amide bonds. The van der Waals surface area contributed by atoms with Crippen molar-refractivity contribution in [3.63, 3.8) is 0 Å². The maximum atomic E-state index is 12.6. The highest BCUT2D eigenvalue weighted by molar-refractivity contribution is 8.01. The van der Waals surface area contributed by atoms with E-state index in [4.69, 9.17) is 4.74 Å². The van der Waals surface area contributed by atoms with E-state index in [0.29, 0.717) is 23.7 Å². The monoisotopic (exact) mass is 392 g/mol. The molecule has 0 saturated heterocycles. The highest BCUT2D eigenvalue weighted by atomic mass is 32.2. The number of rotatable bonds is 6. The van der Waals surface area contributed by atoms with E-state index in [1.807, 2.05) is 13.8 Å². The van der Waals surface area contributed by atoms with Gasteiger partial charge in [0.25, 0.3) is 10.0 Å². The molecule has 1 aliphatic heterocycles. The molecular weight excluding hydrogens is 372 g/mol. The van der Waals surface area contributed by atoms with Crippen LogP contribution in [0.1, 0.15) is 20.3 Å². The Bertz CT molecular complexity index is 911. The number of ether oxygens (including phenoxy) is 1. The average molecular weight is 393 g/mol. The normalized spacial score (nSPS) is 16.5. The first kappa shape index (κ1) is 18.6. The van der Waals surface area contributed by atoms with E-state index in [1.54, 1.807) is 36.4 Å². The van der Waals surface area contributed by atoms with E-state index in [-0.39, 0.29) is 16.1 Å². The van der Waals surface area contributed by atoms with Crippen LogP contribution in [0.5, 0.6) is 5.75 Å². The molecule has 26 heavy (non-hydrogen) atoms. The lowest BCUT2D eigenvalue weighted by atomic mass is 10.2. The van der Waals surface area contributed by atoms with Gasteiger partial charge in [0.2, 0.25) is 5.91 Å². The molecule has 2 aromatic carbocycles. The topological polar surface area (TPSA) is 84.5 Å². The predicted octanol–water partition coefficient (Wildman–Crippen LogP) is 3.71. The van der Waals surface area contributed by atoms with Crippen LogP contribution in [0.3, 0.4) is 0 Å². The quantitative estimate of drug-likeness (QED) is 0.783. The Kier molecular flexibility index (Phi) is 5.43. The molecule has 8 heteroatoms. The van der Waals surface area contributed by atoms with Crippen molar-refractivity contribution in [3.8, 4) is 5.75 Å². The van der Waals surface area contributed by atoms with Gasteiger partial charge in [0.1, 0.15) is 5.75 Å². The van der Waals surface area contributed by atoms with Gasteiger partial charge in [-0.2, -0.15) is 0 Å². The van der Waals surface area contributed by atoms with Crippen molar-refractivity contribution in [2.75, 3.05) is 16.6 Å². The molecule has 0 saturated carbocycles. The van der Waals surface area contributed by atoms with Gasteiger partial charge in [-0.3, -0.25) is 9.52 Å². The van der Waals surface area contributed by atoms with Crippen LogP contribution in [0.4, 0.5) is 11.4 Å². The summed E-state index contributed by atoms with van der Waals surface area (Å²) in [5.74, 6) is 0.577. The molecule has 0 spiro atoms. The second-order valence-corrected chi connectivity index (χ2v) is 8.65. The second kappa shape index (κ2) is 7.59. The van der Waals surface area contributed by atoms with Crippen molar-refractivity contribution in [2.45, 2.75) is 35.3 Å². The number of thioether (sulfide) groups is 1. The average Bonchev–Trinajstić information content (AvgIpc) is 2.62. The van der Waals surface area contributed by atoms with Crippen LogP contribution >= 0.6 is 11.8 Å². The number of carbonyl (C=O) groups is 1. The third-order valence-electron chi connectivity index (χ3n) is 3.87. The van der Waals surface area contributed by atoms with E-state index in [2.05, 4.69) is 10.0 Å². The van der Waals surface area contributed by atoms with Gasteiger partial charge in [-0.25, -0.2) is 8.42 Å². The molecule has 0 bridgehead atoms. The van der Waals surface area contributed by atoms with Gasteiger partial charge >= 0.3 is 0 Å². The maximum Gasteiger partial charge on any atom is 0.261 e. The summed E-state index contributed by atoms with van der Waals surface area (Å²) in [7, 11) is -3.76. The fourth-order valence-electron chi connectivity index (χ4n) is 2.57. The fraction of sp³-hybridized carbons (Fsp3) is 0.278. The minimum Gasteiger partial charge on any atom is -0.494 e. The first-order valence-corrected chi connectivity index (χ1v) is 10.7. The van der Waals surface area contributed by atoms with Crippen LogP contribution < -0.4 is 14.8 Å². The number of carbonyl (C=O) groups excluding carboxylic acids is 1. The first-order chi connectivity index (χ1) is 12.4. The predicted molar refractivity (Wildman–Crippen MR) is 103 cm³/mol. The SMILES string of the molecule is CCOc1ccc(NS(=O)(=O)c2ccc3c(c2)NC(=O)[C@@H](CC)S3)cc1. The van der Waals surface area contributed by atoms with Gasteiger partial charge in [0.15, 0.2) is 0 Å². The van der Waals surface area contributed by atoms with Crippen molar-refractivity contribution < 1.29 is 17.9 Å². The van der Waals surface area contributed by atoms with Crippen LogP contribution in [0, 0.1) is 0 Å². The zero-order valence-electron chi connectivity index (χ0n) is 14.5. The number of amides is 1. The molecular formula is C18H20N2O4S2. The minimum atomic E-state index is -3.76. The van der Waals surface area contributed by atoms with Crippen molar-refractivity contribution in [1.82, 2.24) is 0 Å². The number of sulfonamides is 1. The molecule has 0 radical (unpaired) electrons. The summed E-state index contributed by atoms with van der Waals surface area (Å²) in [6.45, 7) is 4.37. The summed E-state index contributed by atoms with van der Waals surface area (Å²) in [4.78, 5) is 13.0. The summed E-state index contributed by atoms with van der Waals surface area (Å²) in [6, 6.07) is 11.5. The molecule has 6 nitrogen and oxygen atoms in total. The van der Waals surface area contributed by atoms with E-state index >= 15 is 0 Å². The number of benzene rings is 2. The summed E-state index contributed by atoms with van der Waals surface area (Å²) in [5, 5.41) is 2.64. The summed E-state index contributed by atoms with van der Waals surface area (Å²) < 4.78 is 33.2. The van der Waals surface area contributed by atoms with Crippen molar-refractivity contribution in [2.24, 2.45) is 0 Å². The third-order valence-corrected chi connectivity index (χ3v) is 6.69. The van der Waals surface area contributed by atoms with Gasteiger partial charge in [-0.15, -0.1) is 11.8 Å². The number of hydrogen-bond donors (Lipinski definition) is 2. The smallest absolute Gasteiger partial charge is 0.261 e.